The van der Waals surface area contributed by atoms with Gasteiger partial charge in [0.2, 0.25) is 6.79 Å². The lowest BCUT2D eigenvalue weighted by molar-refractivity contribution is -0.184. The van der Waals surface area contributed by atoms with Crippen LogP contribution in [0.4, 0.5) is 10.5 Å². The highest BCUT2D eigenvalue weighted by atomic mass is 16.7. The van der Waals surface area contributed by atoms with Crippen molar-refractivity contribution in [2.45, 2.75) is 36.4 Å². The first-order valence-electron chi connectivity index (χ1n) is 11.9. The number of nitrogens with zero attached hydrogens (tertiary/aromatic N) is 2. The molecule has 1 saturated carbocycles. The smallest absolute Gasteiger partial charge is 0.417 e. The van der Waals surface area contributed by atoms with Gasteiger partial charge in [-0.05, 0) is 37.4 Å². The average Bonchev–Trinajstić information content (AvgIpc) is 3.54. The van der Waals surface area contributed by atoms with Crippen molar-refractivity contribution in [3.05, 3.63) is 29.8 Å². The van der Waals surface area contributed by atoms with E-state index in [1.807, 2.05) is 18.2 Å². The minimum atomic E-state index is -2.42. The van der Waals surface area contributed by atoms with Crippen LogP contribution in [0.1, 0.15) is 24.8 Å². The van der Waals surface area contributed by atoms with E-state index in [0.717, 1.165) is 4.90 Å². The summed E-state index contributed by atoms with van der Waals surface area (Å²) in [5.41, 5.74) is -3.45. The van der Waals surface area contributed by atoms with E-state index < -0.39 is 40.6 Å². The summed E-state index contributed by atoms with van der Waals surface area (Å²) in [7, 11) is 3.71. The molecule has 1 aliphatic carbocycles. The van der Waals surface area contributed by atoms with Crippen molar-refractivity contribution >= 4 is 23.7 Å². The summed E-state index contributed by atoms with van der Waals surface area (Å²) in [5, 5.41) is 12.4. The number of benzene rings is 1. The molecule has 0 radical (unpaired) electrons. The van der Waals surface area contributed by atoms with Gasteiger partial charge in [0, 0.05) is 23.9 Å². The number of ether oxygens (including phenoxy) is 5. The second kappa shape index (κ2) is 7.59. The summed E-state index contributed by atoms with van der Waals surface area (Å²) in [6, 6.07) is 3.18. The van der Waals surface area contributed by atoms with Crippen molar-refractivity contribution in [1.82, 2.24) is 4.90 Å². The number of hydrogen-bond donors (Lipinski definition) is 1. The van der Waals surface area contributed by atoms with Crippen LogP contribution in [0, 0.1) is 11.3 Å². The van der Waals surface area contributed by atoms with Gasteiger partial charge in [0.05, 0.1) is 21.3 Å². The summed E-state index contributed by atoms with van der Waals surface area (Å²) < 4.78 is 26.8. The maximum Gasteiger partial charge on any atom is 0.417 e. The molecule has 5 atom stereocenters. The fourth-order valence-corrected chi connectivity index (χ4v) is 7.71. The molecule has 6 rings (SSSR count). The van der Waals surface area contributed by atoms with Gasteiger partial charge >= 0.3 is 18.0 Å². The Labute approximate surface area is 207 Å². The molecule has 2 fully saturated rings. The Bertz CT molecular complexity index is 1200. The number of anilines is 1. The van der Waals surface area contributed by atoms with Gasteiger partial charge in [-0.15, -0.1) is 0 Å². The number of hydrogen-bond acceptors (Lipinski definition) is 10. The summed E-state index contributed by atoms with van der Waals surface area (Å²) in [4.78, 5) is 43.3. The largest absolute Gasteiger partial charge is 0.468 e. The highest BCUT2D eigenvalue weighted by Gasteiger charge is 2.75. The first-order valence-corrected chi connectivity index (χ1v) is 11.9. The van der Waals surface area contributed by atoms with Crippen LogP contribution in [0.15, 0.2) is 24.3 Å². The number of esters is 2. The van der Waals surface area contributed by atoms with E-state index in [9.17, 15) is 19.5 Å². The standard InChI is InChI=1S/C25H28N2O9/c1-32-20(28)23-8-4-11-26-12-10-24(19(23)26)14-5-6-15-18(36-13-35-15)17(14)27(22(30)34-3)25(31,21(29)33-2)16(24)7-9-23/h4-6,8,16,19,31H,7,9-13H2,1-3H3/t16-,19+,23-,24+,25+/m1/s1. The van der Waals surface area contributed by atoms with Crippen LogP contribution in [0.2, 0.25) is 0 Å². The van der Waals surface area contributed by atoms with Gasteiger partial charge < -0.3 is 28.8 Å². The lowest BCUT2D eigenvalue weighted by Crippen LogP contribution is -2.75. The molecule has 4 aliphatic heterocycles. The maximum absolute atomic E-state index is 13.5. The third-order valence-electron chi connectivity index (χ3n) is 8.85. The van der Waals surface area contributed by atoms with Gasteiger partial charge in [-0.3, -0.25) is 9.69 Å². The minimum absolute atomic E-state index is 0.0850. The molecule has 36 heavy (non-hydrogen) atoms. The average molecular weight is 501 g/mol. The maximum atomic E-state index is 13.5. The zero-order chi connectivity index (χ0) is 25.5. The third-order valence-corrected chi connectivity index (χ3v) is 8.85. The zero-order valence-electron chi connectivity index (χ0n) is 20.3. The molecule has 1 N–H and O–H groups in total. The molecular weight excluding hydrogens is 472 g/mol. The molecule has 4 heterocycles. The van der Waals surface area contributed by atoms with Crippen molar-refractivity contribution in [3.63, 3.8) is 0 Å². The Morgan fingerprint density at radius 1 is 1.06 bits per heavy atom. The molecule has 1 amide bonds. The molecule has 0 bridgehead atoms. The summed E-state index contributed by atoms with van der Waals surface area (Å²) in [5.74, 6) is -1.56. The third kappa shape index (κ3) is 2.47. The molecule has 11 nitrogen and oxygen atoms in total. The van der Waals surface area contributed by atoms with Gasteiger partial charge in [-0.2, -0.15) is 0 Å². The number of methoxy groups -OCH3 is 3. The predicted molar refractivity (Wildman–Crippen MR) is 122 cm³/mol. The van der Waals surface area contributed by atoms with Gasteiger partial charge in [-0.25, -0.2) is 14.5 Å². The highest BCUT2D eigenvalue weighted by molar-refractivity contribution is 6.02. The molecule has 0 unspecified atom stereocenters. The molecule has 0 aromatic heterocycles. The highest BCUT2D eigenvalue weighted by Crippen LogP contribution is 2.68. The quantitative estimate of drug-likeness (QED) is 0.361. The van der Waals surface area contributed by atoms with Crippen molar-refractivity contribution in [2.24, 2.45) is 11.3 Å². The fourth-order valence-electron chi connectivity index (χ4n) is 7.71. The van der Waals surface area contributed by atoms with Gasteiger partial charge in [0.25, 0.3) is 5.72 Å². The van der Waals surface area contributed by atoms with Crippen molar-refractivity contribution in [2.75, 3.05) is 46.1 Å². The Kier molecular flexibility index (Phi) is 4.88. The van der Waals surface area contributed by atoms with Gasteiger partial charge in [-0.1, -0.05) is 18.2 Å². The topological polar surface area (TPSA) is 124 Å². The molecular formula is C25H28N2O9. The monoisotopic (exact) mass is 500 g/mol. The number of carbonyl (C=O) groups is 3. The van der Waals surface area contributed by atoms with Crippen LogP contribution >= 0.6 is 0 Å². The van der Waals surface area contributed by atoms with Crippen LogP contribution in [-0.2, 0) is 29.2 Å². The number of aliphatic hydroxyl groups is 1. The van der Waals surface area contributed by atoms with Crippen molar-refractivity contribution in [3.8, 4) is 11.5 Å². The van der Waals surface area contributed by atoms with Gasteiger partial charge in [0.15, 0.2) is 11.5 Å². The first kappa shape index (κ1) is 23.1. The Balaban J connectivity index is 1.71. The van der Waals surface area contributed by atoms with Crippen LogP contribution in [0.5, 0.6) is 11.5 Å². The predicted octanol–water partition coefficient (Wildman–Crippen LogP) is 1.31. The summed E-state index contributed by atoms with van der Waals surface area (Å²) in [6.07, 6.45) is 4.05. The van der Waals surface area contributed by atoms with Crippen LogP contribution < -0.4 is 14.4 Å². The lowest BCUT2D eigenvalue weighted by atomic mass is 9.47. The molecule has 1 aromatic carbocycles. The van der Waals surface area contributed by atoms with E-state index in [2.05, 4.69) is 4.90 Å². The number of amides is 1. The first-order chi connectivity index (χ1) is 17.3. The van der Waals surface area contributed by atoms with E-state index in [1.165, 1.54) is 21.3 Å². The fraction of sp³-hybridized carbons (Fsp3) is 0.560. The molecule has 1 saturated heterocycles. The van der Waals surface area contributed by atoms with Crippen molar-refractivity contribution < 1.29 is 43.2 Å². The summed E-state index contributed by atoms with van der Waals surface area (Å²) in [6.45, 7) is 1.14. The molecule has 1 aromatic rings. The van der Waals surface area contributed by atoms with E-state index in [0.29, 0.717) is 37.2 Å². The second-order valence-corrected chi connectivity index (χ2v) is 9.93. The second-order valence-electron chi connectivity index (χ2n) is 9.93. The lowest BCUT2D eigenvalue weighted by Gasteiger charge is -2.62. The molecule has 1 spiro atoms. The van der Waals surface area contributed by atoms with Crippen LogP contribution in [-0.4, -0.2) is 81.0 Å². The number of carbonyl (C=O) groups excluding carboxylic acids is 3. The van der Waals surface area contributed by atoms with E-state index in [-0.39, 0.29) is 30.6 Å². The van der Waals surface area contributed by atoms with E-state index >= 15 is 0 Å². The van der Waals surface area contributed by atoms with Crippen LogP contribution in [0.3, 0.4) is 0 Å². The SMILES string of the molecule is COC(=O)N1c2c(ccc3c2OCO3)[C@@]23CCN4CC=C[C@@](C(=O)OC)(CC[C@H]2[C@]1(O)C(=O)OC)[C@H]43. The van der Waals surface area contributed by atoms with Crippen LogP contribution in [0.25, 0.3) is 0 Å². The minimum Gasteiger partial charge on any atom is -0.468 e. The van der Waals surface area contributed by atoms with Gasteiger partial charge in [0.1, 0.15) is 11.1 Å². The molecule has 5 aliphatic rings. The Morgan fingerprint density at radius 3 is 2.56 bits per heavy atom. The zero-order valence-corrected chi connectivity index (χ0v) is 20.3. The normalized spacial score (nSPS) is 35.4. The molecule has 192 valence electrons. The molecule has 11 heteroatoms. The number of rotatable bonds is 2. The number of fused-ring (bicyclic) bond motifs is 3. The van der Waals surface area contributed by atoms with E-state index in [1.54, 1.807) is 6.07 Å². The summed E-state index contributed by atoms with van der Waals surface area (Å²) >= 11 is 0. The van der Waals surface area contributed by atoms with E-state index in [4.69, 9.17) is 23.7 Å². The Morgan fingerprint density at radius 2 is 1.83 bits per heavy atom. The Hall–Kier alpha value is -3.31. The van der Waals surface area contributed by atoms with Crippen molar-refractivity contribution in [1.29, 1.82) is 0 Å².